The van der Waals surface area contributed by atoms with Crippen LogP contribution in [0, 0.1) is 0 Å². The van der Waals surface area contributed by atoms with Crippen LogP contribution in [0.15, 0.2) is 35.9 Å². The first-order chi connectivity index (χ1) is 7.83. The largest absolute Gasteiger partial charge is 0.385 e. The molecular weight excluding hydrogens is 198 g/mol. The van der Waals surface area contributed by atoms with Crippen LogP contribution in [0.4, 0.5) is 0 Å². The van der Waals surface area contributed by atoms with E-state index in [0.29, 0.717) is 0 Å². The molecule has 16 heavy (non-hydrogen) atoms. The van der Waals surface area contributed by atoms with Crippen LogP contribution < -0.4 is 5.32 Å². The van der Waals surface area contributed by atoms with Gasteiger partial charge in [-0.05, 0) is 25.5 Å². The average Bonchev–Trinajstić information content (AvgIpc) is 2.30. The molecule has 88 valence electrons. The van der Waals surface area contributed by atoms with Crippen LogP contribution in [0.2, 0.25) is 0 Å². The Labute approximate surface area is 98.3 Å². The maximum Gasteiger partial charge on any atom is 0.0474 e. The van der Waals surface area contributed by atoms with E-state index in [9.17, 15) is 0 Å². The average molecular weight is 219 g/mol. The fraction of sp³-hybridized carbons (Fsp3) is 0.429. The summed E-state index contributed by atoms with van der Waals surface area (Å²) in [6.45, 7) is 4.93. The molecule has 0 atom stereocenters. The van der Waals surface area contributed by atoms with Crippen molar-refractivity contribution in [2.24, 2.45) is 0 Å². The van der Waals surface area contributed by atoms with Crippen molar-refractivity contribution in [3.8, 4) is 0 Å². The first kappa shape index (κ1) is 12.9. The van der Waals surface area contributed by atoms with E-state index >= 15 is 0 Å². The highest BCUT2D eigenvalue weighted by atomic mass is 16.5. The van der Waals surface area contributed by atoms with Crippen molar-refractivity contribution >= 4 is 6.08 Å². The Morgan fingerprint density at radius 1 is 1.31 bits per heavy atom. The minimum Gasteiger partial charge on any atom is -0.385 e. The molecule has 1 aromatic carbocycles. The summed E-state index contributed by atoms with van der Waals surface area (Å²) in [6.07, 6.45) is 3.28. The lowest BCUT2D eigenvalue weighted by Gasteiger charge is -2.04. The lowest BCUT2D eigenvalue weighted by Crippen LogP contribution is -2.18. The van der Waals surface area contributed by atoms with Gasteiger partial charge in [-0.1, -0.05) is 42.0 Å². The van der Waals surface area contributed by atoms with Gasteiger partial charge in [0, 0.05) is 20.3 Å². The van der Waals surface area contributed by atoms with Gasteiger partial charge in [-0.25, -0.2) is 0 Å². The maximum absolute atomic E-state index is 4.99. The SMILES string of the molecule is COCCCNC/C(C)=C/c1ccccc1. The number of hydrogen-bond acceptors (Lipinski definition) is 2. The molecule has 0 spiro atoms. The second kappa shape index (κ2) is 8.08. The van der Waals surface area contributed by atoms with Crippen molar-refractivity contribution in [1.29, 1.82) is 0 Å². The van der Waals surface area contributed by atoms with Crippen molar-refractivity contribution in [1.82, 2.24) is 5.32 Å². The molecule has 0 saturated heterocycles. The molecule has 0 aromatic heterocycles. The van der Waals surface area contributed by atoms with Gasteiger partial charge in [0.25, 0.3) is 0 Å². The molecule has 0 unspecified atom stereocenters. The van der Waals surface area contributed by atoms with Gasteiger partial charge in [-0.2, -0.15) is 0 Å². The summed E-state index contributed by atoms with van der Waals surface area (Å²) in [5.41, 5.74) is 2.61. The quantitative estimate of drug-likeness (QED) is 0.712. The van der Waals surface area contributed by atoms with Gasteiger partial charge in [-0.3, -0.25) is 0 Å². The molecule has 2 nitrogen and oxygen atoms in total. The zero-order valence-corrected chi connectivity index (χ0v) is 10.2. The smallest absolute Gasteiger partial charge is 0.0474 e. The monoisotopic (exact) mass is 219 g/mol. The third-order valence-corrected chi connectivity index (χ3v) is 2.32. The Balaban J connectivity index is 2.24. The zero-order valence-electron chi connectivity index (χ0n) is 10.2. The number of nitrogens with one attached hydrogen (secondary N) is 1. The molecule has 1 aromatic rings. The van der Waals surface area contributed by atoms with Gasteiger partial charge < -0.3 is 10.1 Å². The second-order valence-electron chi connectivity index (χ2n) is 3.92. The number of hydrogen-bond donors (Lipinski definition) is 1. The van der Waals surface area contributed by atoms with Crippen molar-refractivity contribution in [3.63, 3.8) is 0 Å². The van der Waals surface area contributed by atoms with Gasteiger partial charge in [0.2, 0.25) is 0 Å². The van der Waals surface area contributed by atoms with Gasteiger partial charge in [0.05, 0.1) is 0 Å². The van der Waals surface area contributed by atoms with E-state index in [0.717, 1.165) is 26.1 Å². The summed E-state index contributed by atoms with van der Waals surface area (Å²) in [4.78, 5) is 0. The summed E-state index contributed by atoms with van der Waals surface area (Å²) in [5.74, 6) is 0. The Hall–Kier alpha value is -1.12. The summed E-state index contributed by atoms with van der Waals surface area (Å²) >= 11 is 0. The molecule has 0 amide bonds. The number of rotatable bonds is 7. The Bertz CT molecular complexity index is 306. The molecular formula is C14H21NO. The Morgan fingerprint density at radius 2 is 2.06 bits per heavy atom. The van der Waals surface area contributed by atoms with Gasteiger partial charge >= 0.3 is 0 Å². The standard InChI is InChI=1S/C14H21NO/c1-13(12-15-9-6-10-16-2)11-14-7-4-3-5-8-14/h3-5,7-8,11,15H,6,9-10,12H2,1-2H3/b13-11+. The van der Waals surface area contributed by atoms with Crippen LogP contribution >= 0.6 is 0 Å². The third-order valence-electron chi connectivity index (χ3n) is 2.32. The van der Waals surface area contributed by atoms with E-state index in [2.05, 4.69) is 42.6 Å². The molecule has 0 bridgehead atoms. The van der Waals surface area contributed by atoms with Crippen LogP contribution in [0.3, 0.4) is 0 Å². The highest BCUT2D eigenvalue weighted by Gasteiger charge is 1.91. The van der Waals surface area contributed by atoms with Gasteiger partial charge in [0.1, 0.15) is 0 Å². The first-order valence-electron chi connectivity index (χ1n) is 5.75. The molecule has 0 saturated carbocycles. The first-order valence-corrected chi connectivity index (χ1v) is 5.75. The van der Waals surface area contributed by atoms with Crippen LogP contribution in [0.5, 0.6) is 0 Å². The number of ether oxygens (including phenoxy) is 1. The summed E-state index contributed by atoms with van der Waals surface area (Å²) < 4.78 is 4.99. The number of methoxy groups -OCH3 is 1. The minimum absolute atomic E-state index is 0.828. The zero-order chi connectivity index (χ0) is 11.6. The maximum atomic E-state index is 4.99. The van der Waals surface area contributed by atoms with E-state index in [-0.39, 0.29) is 0 Å². The summed E-state index contributed by atoms with van der Waals surface area (Å²) in [5, 5.41) is 3.39. The second-order valence-corrected chi connectivity index (χ2v) is 3.92. The molecule has 0 aliphatic heterocycles. The summed E-state index contributed by atoms with van der Waals surface area (Å²) in [6, 6.07) is 10.4. The highest BCUT2D eigenvalue weighted by molar-refractivity contribution is 5.52. The Kier molecular flexibility index (Phi) is 6.54. The van der Waals surface area contributed by atoms with E-state index in [1.54, 1.807) is 7.11 Å². The summed E-state index contributed by atoms with van der Waals surface area (Å²) in [7, 11) is 1.74. The van der Waals surface area contributed by atoms with Gasteiger partial charge in [-0.15, -0.1) is 0 Å². The van der Waals surface area contributed by atoms with Gasteiger partial charge in [0.15, 0.2) is 0 Å². The normalized spacial score (nSPS) is 11.8. The van der Waals surface area contributed by atoms with E-state index in [1.807, 2.05) is 6.07 Å². The van der Waals surface area contributed by atoms with Crippen LogP contribution in [0.1, 0.15) is 18.9 Å². The fourth-order valence-electron chi connectivity index (χ4n) is 1.51. The topological polar surface area (TPSA) is 21.3 Å². The van der Waals surface area contributed by atoms with Crippen molar-refractivity contribution in [2.75, 3.05) is 26.8 Å². The molecule has 0 aliphatic rings. The van der Waals surface area contributed by atoms with Crippen molar-refractivity contribution in [2.45, 2.75) is 13.3 Å². The minimum atomic E-state index is 0.828. The number of benzene rings is 1. The van der Waals surface area contributed by atoms with Crippen molar-refractivity contribution in [3.05, 3.63) is 41.5 Å². The Morgan fingerprint density at radius 3 is 2.75 bits per heavy atom. The molecule has 0 fully saturated rings. The third kappa shape index (κ3) is 5.69. The predicted molar refractivity (Wildman–Crippen MR) is 69.5 cm³/mol. The molecule has 2 heteroatoms. The van der Waals surface area contributed by atoms with E-state index in [1.165, 1.54) is 11.1 Å². The lowest BCUT2D eigenvalue weighted by molar-refractivity contribution is 0.194. The van der Waals surface area contributed by atoms with Crippen LogP contribution in [0.25, 0.3) is 6.08 Å². The predicted octanol–water partition coefficient (Wildman–Crippen LogP) is 2.72. The van der Waals surface area contributed by atoms with E-state index in [4.69, 9.17) is 4.74 Å². The lowest BCUT2D eigenvalue weighted by atomic mass is 10.1. The van der Waals surface area contributed by atoms with Crippen LogP contribution in [-0.4, -0.2) is 26.8 Å². The molecule has 0 heterocycles. The highest BCUT2D eigenvalue weighted by Crippen LogP contribution is 2.04. The molecule has 0 radical (unpaired) electrons. The van der Waals surface area contributed by atoms with E-state index < -0.39 is 0 Å². The molecule has 1 rings (SSSR count). The van der Waals surface area contributed by atoms with Crippen LogP contribution in [-0.2, 0) is 4.74 Å². The fourth-order valence-corrected chi connectivity index (χ4v) is 1.51. The molecule has 1 N–H and O–H groups in total. The molecule has 0 aliphatic carbocycles. The van der Waals surface area contributed by atoms with Crippen molar-refractivity contribution < 1.29 is 4.74 Å².